The van der Waals surface area contributed by atoms with E-state index in [1.165, 1.54) is 82.7 Å². The van der Waals surface area contributed by atoms with Crippen molar-refractivity contribution < 1.29 is 0 Å². The maximum atomic E-state index is 2.48. The first-order valence-electron chi connectivity index (χ1n) is 19.7. The maximum Gasteiger partial charge on any atom is 0.0702 e. The van der Waals surface area contributed by atoms with E-state index in [2.05, 4.69) is 240 Å². The molecule has 2 heterocycles. The monoisotopic (exact) mass is 742 g/mol. The summed E-state index contributed by atoms with van der Waals surface area (Å²) >= 11 is 0. The molecule has 0 unspecified atom stereocenters. The molecule has 9 aromatic carbocycles. The number of aromatic nitrogens is 2. The fraction of sp³-hybridized carbons (Fsp3) is 0.0357. The van der Waals surface area contributed by atoms with Gasteiger partial charge in [0, 0.05) is 32.8 Å². The van der Waals surface area contributed by atoms with Crippen LogP contribution in [-0.4, -0.2) is 9.13 Å². The van der Waals surface area contributed by atoms with E-state index >= 15 is 0 Å². The minimum atomic E-state index is -0.553. The number of nitrogens with zero attached hydrogens (tertiary/aromatic N) is 2. The molecule has 2 heteroatoms. The first-order valence-corrected chi connectivity index (χ1v) is 19.7. The van der Waals surface area contributed by atoms with Crippen molar-refractivity contribution in [2.75, 3.05) is 0 Å². The molecule has 0 aliphatic carbocycles. The van der Waals surface area contributed by atoms with Gasteiger partial charge in [0.05, 0.1) is 33.2 Å². The highest BCUT2D eigenvalue weighted by Gasteiger charge is 2.38. The molecule has 0 aliphatic rings. The Balaban J connectivity index is 0.00000408. The summed E-state index contributed by atoms with van der Waals surface area (Å²) in [7, 11) is 0. The summed E-state index contributed by atoms with van der Waals surface area (Å²) in [6.07, 6.45) is 0. The molecule has 0 atom stereocenters. The van der Waals surface area contributed by atoms with Gasteiger partial charge in [-0.1, -0.05) is 195 Å². The van der Waals surface area contributed by atoms with Gasteiger partial charge in [-0.2, -0.15) is 0 Å². The largest absolute Gasteiger partial charge is 0.309 e. The fourth-order valence-corrected chi connectivity index (χ4v) is 9.44. The van der Waals surface area contributed by atoms with Crippen LogP contribution in [0.4, 0.5) is 0 Å². The zero-order valence-corrected chi connectivity index (χ0v) is 31.3. The SMILES string of the molecule is C.c1ccc(-c2ccccc2-n2c3ccccc3c3cc(-n4c5ccccc5c5ccc(C(c6ccccc6)(c6ccccc6)c6ccccc6)cc54)ccc32)cc1. The molecular formula is C56H42N2. The highest BCUT2D eigenvalue weighted by Crippen LogP contribution is 2.47. The van der Waals surface area contributed by atoms with Crippen LogP contribution in [0.5, 0.6) is 0 Å². The van der Waals surface area contributed by atoms with E-state index in [0.29, 0.717) is 0 Å². The quantitative estimate of drug-likeness (QED) is 0.144. The van der Waals surface area contributed by atoms with E-state index in [9.17, 15) is 0 Å². The van der Waals surface area contributed by atoms with Crippen molar-refractivity contribution in [2.45, 2.75) is 12.8 Å². The molecular weight excluding hydrogens is 701 g/mol. The fourth-order valence-electron chi connectivity index (χ4n) is 9.44. The zero-order chi connectivity index (χ0) is 37.8. The first-order chi connectivity index (χ1) is 28.3. The molecule has 0 N–H and O–H groups in total. The van der Waals surface area contributed by atoms with E-state index in [1.807, 2.05) is 0 Å². The Labute approximate surface area is 339 Å². The summed E-state index contributed by atoms with van der Waals surface area (Å²) in [6.45, 7) is 0. The predicted octanol–water partition coefficient (Wildman–Crippen LogP) is 14.6. The van der Waals surface area contributed by atoms with Gasteiger partial charge in [-0.25, -0.2) is 0 Å². The highest BCUT2D eigenvalue weighted by molar-refractivity contribution is 6.12. The Morgan fingerprint density at radius 3 is 1.38 bits per heavy atom. The van der Waals surface area contributed by atoms with Crippen molar-refractivity contribution in [1.82, 2.24) is 9.13 Å². The minimum Gasteiger partial charge on any atom is -0.309 e. The van der Waals surface area contributed by atoms with Crippen LogP contribution in [0.1, 0.15) is 29.7 Å². The highest BCUT2D eigenvalue weighted by atomic mass is 15.0. The van der Waals surface area contributed by atoms with Gasteiger partial charge in [0.1, 0.15) is 0 Å². The van der Waals surface area contributed by atoms with Crippen LogP contribution in [0, 0.1) is 0 Å². The summed E-state index contributed by atoms with van der Waals surface area (Å²) in [6, 6.07) is 84.3. The van der Waals surface area contributed by atoms with Gasteiger partial charge in [-0.3, -0.25) is 0 Å². The van der Waals surface area contributed by atoms with Gasteiger partial charge in [0.25, 0.3) is 0 Å². The van der Waals surface area contributed by atoms with Gasteiger partial charge in [0.2, 0.25) is 0 Å². The van der Waals surface area contributed by atoms with Crippen LogP contribution in [0.3, 0.4) is 0 Å². The van der Waals surface area contributed by atoms with E-state index < -0.39 is 5.41 Å². The molecule has 2 aromatic heterocycles. The standard InChI is InChI=1S/C55H38N2.CH4/c1-5-19-39(20-6-1)45-27-13-16-30-50(45)57-52-32-18-15-29-47(52)49-38-44(34-36-53(49)57)56-51-31-17-14-28-46(51)48-35-33-43(37-54(48)56)55(40-21-7-2-8-22-40,41-23-9-3-10-24-41)42-25-11-4-12-26-42;/h1-38H;1H4. The van der Waals surface area contributed by atoms with Crippen LogP contribution in [0.25, 0.3) is 66.1 Å². The smallest absolute Gasteiger partial charge is 0.0702 e. The molecule has 0 spiro atoms. The van der Waals surface area contributed by atoms with E-state index in [-0.39, 0.29) is 7.43 Å². The predicted molar refractivity (Wildman–Crippen MR) is 246 cm³/mol. The van der Waals surface area contributed by atoms with Crippen LogP contribution in [-0.2, 0) is 5.41 Å². The molecule has 11 aromatic rings. The molecule has 0 amide bonds. The van der Waals surface area contributed by atoms with Crippen molar-refractivity contribution in [1.29, 1.82) is 0 Å². The molecule has 0 fully saturated rings. The molecule has 0 saturated carbocycles. The number of benzene rings is 9. The Morgan fingerprint density at radius 1 is 0.293 bits per heavy atom. The third-order valence-electron chi connectivity index (χ3n) is 11.9. The van der Waals surface area contributed by atoms with Crippen molar-refractivity contribution in [2.24, 2.45) is 0 Å². The Kier molecular flexibility index (Phi) is 8.61. The van der Waals surface area contributed by atoms with Crippen LogP contribution in [0.2, 0.25) is 0 Å². The third-order valence-corrected chi connectivity index (χ3v) is 11.9. The third kappa shape index (κ3) is 5.33. The Morgan fingerprint density at radius 2 is 0.759 bits per heavy atom. The summed E-state index contributed by atoms with van der Waals surface area (Å²) in [4.78, 5) is 0. The molecule has 0 bridgehead atoms. The average Bonchev–Trinajstić information content (AvgIpc) is 3.80. The Bertz CT molecular complexity index is 3110. The number of hydrogen-bond donors (Lipinski definition) is 0. The summed E-state index contributed by atoms with van der Waals surface area (Å²) in [5.74, 6) is 0. The molecule has 0 radical (unpaired) electrons. The van der Waals surface area contributed by atoms with E-state index in [4.69, 9.17) is 0 Å². The molecule has 58 heavy (non-hydrogen) atoms. The molecule has 11 rings (SSSR count). The molecule has 0 saturated heterocycles. The molecule has 0 aliphatic heterocycles. The lowest BCUT2D eigenvalue weighted by atomic mass is 9.65. The summed E-state index contributed by atoms with van der Waals surface area (Å²) in [5, 5.41) is 4.93. The van der Waals surface area contributed by atoms with Crippen LogP contribution >= 0.6 is 0 Å². The van der Waals surface area contributed by atoms with Crippen molar-refractivity contribution in [3.05, 3.63) is 253 Å². The van der Waals surface area contributed by atoms with E-state index in [0.717, 1.165) is 5.69 Å². The summed E-state index contributed by atoms with van der Waals surface area (Å²) < 4.78 is 4.91. The van der Waals surface area contributed by atoms with Crippen molar-refractivity contribution in [3.8, 4) is 22.5 Å². The second kappa shape index (κ2) is 14.3. The van der Waals surface area contributed by atoms with Gasteiger partial charge >= 0.3 is 0 Å². The topological polar surface area (TPSA) is 9.86 Å². The summed E-state index contributed by atoms with van der Waals surface area (Å²) in [5.41, 5.74) is 13.8. The lowest BCUT2D eigenvalue weighted by molar-refractivity contribution is 0.746. The number of hydrogen-bond acceptors (Lipinski definition) is 0. The van der Waals surface area contributed by atoms with Crippen LogP contribution in [0.15, 0.2) is 231 Å². The lowest BCUT2D eigenvalue weighted by Crippen LogP contribution is -2.31. The molecule has 276 valence electrons. The van der Waals surface area contributed by atoms with Gasteiger partial charge in [-0.15, -0.1) is 0 Å². The van der Waals surface area contributed by atoms with Gasteiger partial charge in [-0.05, 0) is 70.3 Å². The lowest BCUT2D eigenvalue weighted by Gasteiger charge is -2.37. The van der Waals surface area contributed by atoms with Crippen LogP contribution < -0.4 is 0 Å². The van der Waals surface area contributed by atoms with Gasteiger partial charge < -0.3 is 9.13 Å². The number of fused-ring (bicyclic) bond motifs is 6. The second-order valence-electron chi connectivity index (χ2n) is 14.9. The van der Waals surface area contributed by atoms with Crippen molar-refractivity contribution in [3.63, 3.8) is 0 Å². The van der Waals surface area contributed by atoms with E-state index in [1.54, 1.807) is 0 Å². The zero-order valence-electron chi connectivity index (χ0n) is 31.3. The normalized spacial score (nSPS) is 11.7. The second-order valence-corrected chi connectivity index (χ2v) is 14.9. The maximum absolute atomic E-state index is 2.48. The number of para-hydroxylation sites is 3. The first kappa shape index (κ1) is 35.0. The average molecular weight is 743 g/mol. The van der Waals surface area contributed by atoms with Gasteiger partial charge in [0.15, 0.2) is 0 Å². The van der Waals surface area contributed by atoms with Crippen molar-refractivity contribution >= 4 is 43.6 Å². The Hall–Kier alpha value is -7.42. The minimum absolute atomic E-state index is 0. The molecule has 2 nitrogen and oxygen atoms in total. The number of rotatable bonds is 7.